The summed E-state index contributed by atoms with van der Waals surface area (Å²) in [6.45, 7) is 1.80. The van der Waals surface area contributed by atoms with Crippen molar-refractivity contribution in [2.24, 2.45) is 0 Å². The van der Waals surface area contributed by atoms with Crippen LogP contribution >= 0.6 is 33.9 Å². The van der Waals surface area contributed by atoms with Crippen molar-refractivity contribution in [1.29, 1.82) is 10.5 Å². The molecule has 17 heavy (non-hydrogen) atoms. The number of rotatable bonds is 0. The zero-order chi connectivity index (χ0) is 12.6. The molecule has 2 rings (SSSR count). The molecule has 82 valence electrons. The Morgan fingerprint density at radius 1 is 1.35 bits per heavy atom. The Hall–Kier alpha value is -1.44. The number of thiophene rings is 1. The quantitative estimate of drug-likeness (QED) is 0.408. The molecule has 0 N–H and O–H groups in total. The third-order valence-corrected chi connectivity index (χ3v) is 3.90. The van der Waals surface area contributed by atoms with Gasteiger partial charge in [-0.25, -0.2) is 0 Å². The van der Waals surface area contributed by atoms with Gasteiger partial charge in [-0.1, -0.05) is 0 Å². The number of nitrogens with zero attached hydrogens (tertiary/aromatic N) is 2. The lowest BCUT2D eigenvalue weighted by Crippen LogP contribution is -1.96. The maximum absolute atomic E-state index is 12.1. The Kier molecular flexibility index (Phi) is 3.14. The van der Waals surface area contributed by atoms with E-state index in [0.717, 1.165) is 8.46 Å². The van der Waals surface area contributed by atoms with Crippen molar-refractivity contribution >= 4 is 45.3 Å². The topological polar surface area (TPSA) is 64.7 Å². The molecule has 0 bridgehead atoms. The van der Waals surface area contributed by atoms with Gasteiger partial charge in [0.1, 0.15) is 17.7 Å². The number of halogens is 1. The molecule has 0 radical (unpaired) electrons. The van der Waals surface area contributed by atoms with Gasteiger partial charge in [-0.05, 0) is 44.5 Å². The average molecular weight is 352 g/mol. The fourth-order valence-corrected chi connectivity index (χ4v) is 3.21. The SMILES string of the molecule is C/C(I)=C1\C(=O)c2ccsc2C1=C(C#N)C#N. The lowest BCUT2D eigenvalue weighted by Gasteiger charge is -2.01. The number of fused-ring (bicyclic) bond motifs is 1. The van der Waals surface area contributed by atoms with Gasteiger partial charge in [-0.2, -0.15) is 10.5 Å². The van der Waals surface area contributed by atoms with Crippen molar-refractivity contribution in [3.8, 4) is 12.1 Å². The molecular formula is C12H5IN2OS. The molecule has 0 saturated heterocycles. The van der Waals surface area contributed by atoms with E-state index < -0.39 is 0 Å². The fourth-order valence-electron chi connectivity index (χ4n) is 1.75. The van der Waals surface area contributed by atoms with Crippen LogP contribution in [0.25, 0.3) is 5.57 Å². The Balaban J connectivity index is 2.88. The third-order valence-electron chi connectivity index (χ3n) is 2.43. The van der Waals surface area contributed by atoms with Crippen LogP contribution in [-0.4, -0.2) is 5.78 Å². The zero-order valence-corrected chi connectivity index (χ0v) is 11.7. The fraction of sp³-hybridized carbons (Fsp3) is 0.0833. The molecule has 1 aliphatic carbocycles. The average Bonchev–Trinajstić information content (AvgIpc) is 2.84. The molecule has 1 aliphatic rings. The van der Waals surface area contributed by atoms with E-state index in [2.05, 4.69) is 0 Å². The number of allylic oxidation sites excluding steroid dienone is 4. The van der Waals surface area contributed by atoms with Gasteiger partial charge in [0, 0.05) is 21.6 Å². The highest BCUT2D eigenvalue weighted by Gasteiger charge is 2.34. The first-order chi connectivity index (χ1) is 8.11. The normalized spacial score (nSPS) is 16.2. The van der Waals surface area contributed by atoms with Crippen LogP contribution in [0.2, 0.25) is 0 Å². The van der Waals surface area contributed by atoms with Crippen molar-refractivity contribution in [3.63, 3.8) is 0 Å². The van der Waals surface area contributed by atoms with Gasteiger partial charge in [0.15, 0.2) is 5.78 Å². The van der Waals surface area contributed by atoms with E-state index in [4.69, 9.17) is 10.5 Å². The van der Waals surface area contributed by atoms with Crippen LogP contribution in [0, 0.1) is 22.7 Å². The Morgan fingerprint density at radius 3 is 2.53 bits per heavy atom. The Bertz CT molecular complexity index is 647. The third kappa shape index (κ3) is 1.72. The van der Waals surface area contributed by atoms with Crippen molar-refractivity contribution in [2.75, 3.05) is 0 Å². The Morgan fingerprint density at radius 2 is 2.00 bits per heavy atom. The van der Waals surface area contributed by atoms with Crippen LogP contribution in [0.3, 0.4) is 0 Å². The van der Waals surface area contributed by atoms with Gasteiger partial charge in [0.2, 0.25) is 0 Å². The summed E-state index contributed by atoms with van der Waals surface area (Å²) in [5.74, 6) is -0.0915. The second-order valence-electron chi connectivity index (χ2n) is 3.37. The summed E-state index contributed by atoms with van der Waals surface area (Å²) >= 11 is 3.43. The molecule has 1 aromatic rings. The minimum absolute atomic E-state index is 0.00515. The van der Waals surface area contributed by atoms with E-state index in [-0.39, 0.29) is 11.4 Å². The number of hydrogen-bond acceptors (Lipinski definition) is 4. The number of carbonyl (C=O) groups is 1. The number of hydrogen-bond donors (Lipinski definition) is 0. The van der Waals surface area contributed by atoms with Crippen LogP contribution in [0.4, 0.5) is 0 Å². The predicted molar refractivity (Wildman–Crippen MR) is 73.5 cm³/mol. The smallest absolute Gasteiger partial charge is 0.195 e. The van der Waals surface area contributed by atoms with E-state index in [1.165, 1.54) is 11.3 Å². The summed E-state index contributed by atoms with van der Waals surface area (Å²) in [5.41, 5.74) is 1.59. The molecule has 0 saturated carbocycles. The molecule has 0 fully saturated rings. The maximum atomic E-state index is 12.1. The molecule has 5 heteroatoms. The molecule has 0 amide bonds. The van der Waals surface area contributed by atoms with Crippen molar-refractivity contribution in [3.05, 3.63) is 36.6 Å². The summed E-state index contributed by atoms with van der Waals surface area (Å²) in [5, 5.41) is 19.7. The monoisotopic (exact) mass is 352 g/mol. The number of carbonyl (C=O) groups excluding carboxylic acids is 1. The van der Waals surface area contributed by atoms with E-state index in [1.807, 2.05) is 34.7 Å². The molecule has 0 atom stereocenters. The standard InChI is InChI=1S/C12H5IN2OS/c1-6(13)9-10(7(4-14)5-15)12-8(11(9)16)2-3-17-12/h2-3H,1H3/b9-6+. The molecule has 1 aromatic heterocycles. The van der Waals surface area contributed by atoms with Crippen molar-refractivity contribution in [1.82, 2.24) is 0 Å². The Labute approximate surface area is 116 Å². The number of ketones is 1. The number of Topliss-reactive ketones (excluding diaryl/α,β-unsaturated/α-hetero) is 1. The second kappa shape index (κ2) is 4.44. The minimum atomic E-state index is -0.0915. The summed E-state index contributed by atoms with van der Waals surface area (Å²) in [6, 6.07) is 5.47. The highest BCUT2D eigenvalue weighted by atomic mass is 127. The van der Waals surface area contributed by atoms with Gasteiger partial charge in [-0.3, -0.25) is 4.79 Å². The zero-order valence-electron chi connectivity index (χ0n) is 8.74. The van der Waals surface area contributed by atoms with Crippen LogP contribution in [0.15, 0.2) is 26.2 Å². The summed E-state index contributed by atoms with van der Waals surface area (Å²) in [7, 11) is 0. The summed E-state index contributed by atoms with van der Waals surface area (Å²) in [6.07, 6.45) is 0. The van der Waals surface area contributed by atoms with E-state index in [9.17, 15) is 4.79 Å². The van der Waals surface area contributed by atoms with Gasteiger partial charge in [-0.15, -0.1) is 11.3 Å². The van der Waals surface area contributed by atoms with Crippen LogP contribution < -0.4 is 0 Å². The van der Waals surface area contributed by atoms with Crippen molar-refractivity contribution < 1.29 is 4.79 Å². The van der Waals surface area contributed by atoms with E-state index in [1.54, 1.807) is 18.4 Å². The van der Waals surface area contributed by atoms with Crippen LogP contribution in [0.5, 0.6) is 0 Å². The lowest BCUT2D eigenvalue weighted by molar-refractivity contribution is 0.104. The second-order valence-corrected chi connectivity index (χ2v) is 5.91. The number of nitriles is 2. The highest BCUT2D eigenvalue weighted by molar-refractivity contribution is 14.1. The summed E-state index contributed by atoms with van der Waals surface area (Å²) in [4.78, 5) is 12.9. The van der Waals surface area contributed by atoms with E-state index in [0.29, 0.717) is 16.7 Å². The van der Waals surface area contributed by atoms with E-state index >= 15 is 0 Å². The van der Waals surface area contributed by atoms with Gasteiger partial charge in [0.25, 0.3) is 0 Å². The molecule has 0 aromatic carbocycles. The molecule has 0 unspecified atom stereocenters. The molecule has 1 heterocycles. The van der Waals surface area contributed by atoms with Crippen LogP contribution in [0.1, 0.15) is 22.2 Å². The first-order valence-corrected chi connectivity index (χ1v) is 6.61. The highest BCUT2D eigenvalue weighted by Crippen LogP contribution is 2.44. The molecule has 0 spiro atoms. The van der Waals surface area contributed by atoms with Crippen LogP contribution in [-0.2, 0) is 0 Å². The largest absolute Gasteiger partial charge is 0.289 e. The predicted octanol–water partition coefficient (Wildman–Crippen LogP) is 3.45. The molecular weight excluding hydrogens is 347 g/mol. The summed E-state index contributed by atoms with van der Waals surface area (Å²) < 4.78 is 0.800. The molecule has 3 nitrogen and oxygen atoms in total. The molecule has 0 aliphatic heterocycles. The van der Waals surface area contributed by atoms with Crippen molar-refractivity contribution in [2.45, 2.75) is 6.92 Å². The minimum Gasteiger partial charge on any atom is -0.289 e. The first kappa shape index (κ1) is 12.0. The van der Waals surface area contributed by atoms with Gasteiger partial charge in [0.05, 0.1) is 0 Å². The first-order valence-electron chi connectivity index (χ1n) is 4.65. The lowest BCUT2D eigenvalue weighted by atomic mass is 10.0. The van der Waals surface area contributed by atoms with Gasteiger partial charge >= 0.3 is 0 Å². The maximum Gasteiger partial charge on any atom is 0.195 e. The van der Waals surface area contributed by atoms with Gasteiger partial charge < -0.3 is 0 Å².